The van der Waals surface area contributed by atoms with E-state index in [1.165, 1.54) is 11.1 Å². The number of pyridine rings is 1. The number of aryl methyl sites for hydroxylation is 1. The molecule has 2 atom stereocenters. The third-order valence-corrected chi connectivity index (χ3v) is 4.36. The summed E-state index contributed by atoms with van der Waals surface area (Å²) in [4.78, 5) is 4.55. The van der Waals surface area contributed by atoms with Crippen molar-refractivity contribution in [2.75, 3.05) is 6.54 Å². The van der Waals surface area contributed by atoms with Gasteiger partial charge in [-0.1, -0.05) is 19.1 Å². The summed E-state index contributed by atoms with van der Waals surface area (Å²) in [5.74, 6) is 0.0508. The number of rotatable bonds is 4. The van der Waals surface area contributed by atoms with Gasteiger partial charge in [-0.05, 0) is 61.2 Å². The minimum Gasteiger partial charge on any atom is -0.310 e. The standard InChI is InChI=1S/C18H21FN2/c1-3-20-12(2)15-9-7-14(19)11-17(15)16-8-6-13-5-4-10-21-18(13)16/h4-5,7,9-12,16,20H,3,6,8H2,1-2H3. The Labute approximate surface area is 125 Å². The number of fused-ring (bicyclic) bond motifs is 1. The van der Waals surface area contributed by atoms with Gasteiger partial charge in [0.15, 0.2) is 0 Å². The summed E-state index contributed by atoms with van der Waals surface area (Å²) in [6, 6.07) is 9.50. The number of aromatic nitrogens is 1. The summed E-state index contributed by atoms with van der Waals surface area (Å²) in [7, 11) is 0. The molecule has 1 aromatic heterocycles. The van der Waals surface area contributed by atoms with Crippen LogP contribution < -0.4 is 5.32 Å². The fourth-order valence-electron chi connectivity index (χ4n) is 3.37. The Morgan fingerprint density at radius 1 is 1.38 bits per heavy atom. The zero-order chi connectivity index (χ0) is 14.8. The van der Waals surface area contributed by atoms with Gasteiger partial charge in [0.1, 0.15) is 5.82 Å². The molecule has 1 N–H and O–H groups in total. The van der Waals surface area contributed by atoms with Gasteiger partial charge in [-0.3, -0.25) is 4.98 Å². The molecule has 110 valence electrons. The van der Waals surface area contributed by atoms with E-state index in [1.54, 1.807) is 12.1 Å². The Kier molecular flexibility index (Phi) is 4.02. The first-order chi connectivity index (χ1) is 10.2. The van der Waals surface area contributed by atoms with Crippen LogP contribution in [-0.4, -0.2) is 11.5 Å². The lowest BCUT2D eigenvalue weighted by Gasteiger charge is -2.21. The molecule has 0 saturated carbocycles. The van der Waals surface area contributed by atoms with Crippen molar-refractivity contribution in [1.29, 1.82) is 0 Å². The normalized spacial score (nSPS) is 18.5. The van der Waals surface area contributed by atoms with E-state index >= 15 is 0 Å². The van der Waals surface area contributed by atoms with Gasteiger partial charge in [-0.15, -0.1) is 0 Å². The fraction of sp³-hybridized carbons (Fsp3) is 0.389. The van der Waals surface area contributed by atoms with Crippen LogP contribution in [0.5, 0.6) is 0 Å². The third kappa shape index (κ3) is 2.70. The highest BCUT2D eigenvalue weighted by atomic mass is 19.1. The van der Waals surface area contributed by atoms with Crippen molar-refractivity contribution in [2.45, 2.75) is 38.6 Å². The number of hydrogen-bond donors (Lipinski definition) is 1. The number of nitrogens with one attached hydrogen (secondary N) is 1. The molecule has 1 aliphatic rings. The molecule has 0 spiro atoms. The van der Waals surface area contributed by atoms with Crippen LogP contribution in [0.1, 0.15) is 54.6 Å². The maximum atomic E-state index is 13.8. The van der Waals surface area contributed by atoms with E-state index in [1.807, 2.05) is 18.3 Å². The lowest BCUT2D eigenvalue weighted by Crippen LogP contribution is -2.20. The lowest BCUT2D eigenvalue weighted by molar-refractivity contribution is 0.577. The molecule has 0 aliphatic heterocycles. The van der Waals surface area contributed by atoms with E-state index in [0.29, 0.717) is 0 Å². The highest BCUT2D eigenvalue weighted by Gasteiger charge is 2.28. The van der Waals surface area contributed by atoms with Crippen molar-refractivity contribution in [3.8, 4) is 0 Å². The maximum Gasteiger partial charge on any atom is 0.123 e. The molecule has 0 bridgehead atoms. The van der Waals surface area contributed by atoms with Crippen LogP contribution in [0, 0.1) is 5.82 Å². The molecular formula is C18H21FN2. The third-order valence-electron chi connectivity index (χ3n) is 4.36. The van der Waals surface area contributed by atoms with Crippen LogP contribution >= 0.6 is 0 Å². The molecule has 0 fully saturated rings. The topological polar surface area (TPSA) is 24.9 Å². The summed E-state index contributed by atoms with van der Waals surface area (Å²) in [5.41, 5.74) is 4.68. The Balaban J connectivity index is 2.04. The van der Waals surface area contributed by atoms with Gasteiger partial charge in [0.2, 0.25) is 0 Å². The molecule has 1 aromatic carbocycles. The van der Waals surface area contributed by atoms with E-state index in [9.17, 15) is 4.39 Å². The Morgan fingerprint density at radius 3 is 3.05 bits per heavy atom. The van der Waals surface area contributed by atoms with Gasteiger partial charge in [0.05, 0.1) is 5.69 Å². The van der Waals surface area contributed by atoms with E-state index < -0.39 is 0 Å². The van der Waals surface area contributed by atoms with Gasteiger partial charge in [-0.2, -0.15) is 0 Å². The number of hydrogen-bond acceptors (Lipinski definition) is 2. The first-order valence-electron chi connectivity index (χ1n) is 7.67. The van der Waals surface area contributed by atoms with E-state index in [-0.39, 0.29) is 17.8 Å². The molecule has 2 aromatic rings. The first-order valence-corrected chi connectivity index (χ1v) is 7.67. The molecule has 0 radical (unpaired) electrons. The van der Waals surface area contributed by atoms with Crippen molar-refractivity contribution in [3.05, 3.63) is 64.7 Å². The Bertz CT molecular complexity index is 639. The van der Waals surface area contributed by atoms with Crippen LogP contribution in [0.3, 0.4) is 0 Å². The summed E-state index contributed by atoms with van der Waals surface area (Å²) in [5, 5.41) is 3.43. The van der Waals surface area contributed by atoms with Crippen molar-refractivity contribution in [2.24, 2.45) is 0 Å². The highest BCUT2D eigenvalue weighted by molar-refractivity contribution is 5.43. The monoisotopic (exact) mass is 284 g/mol. The molecule has 0 amide bonds. The fourth-order valence-corrected chi connectivity index (χ4v) is 3.37. The summed E-state index contributed by atoms with van der Waals surface area (Å²) < 4.78 is 13.8. The number of benzene rings is 1. The smallest absolute Gasteiger partial charge is 0.123 e. The second-order valence-corrected chi connectivity index (χ2v) is 5.69. The summed E-state index contributed by atoms with van der Waals surface area (Å²) in [6.45, 7) is 5.12. The molecule has 1 heterocycles. The van der Waals surface area contributed by atoms with Crippen molar-refractivity contribution >= 4 is 0 Å². The minimum absolute atomic E-state index is 0.165. The molecule has 2 unspecified atom stereocenters. The van der Waals surface area contributed by atoms with Gasteiger partial charge in [0, 0.05) is 18.2 Å². The van der Waals surface area contributed by atoms with E-state index in [2.05, 4.69) is 30.2 Å². The van der Waals surface area contributed by atoms with Gasteiger partial charge < -0.3 is 5.32 Å². The second kappa shape index (κ2) is 5.94. The minimum atomic E-state index is -0.165. The van der Waals surface area contributed by atoms with Crippen molar-refractivity contribution in [3.63, 3.8) is 0 Å². The molecule has 3 rings (SSSR count). The molecule has 0 saturated heterocycles. The lowest BCUT2D eigenvalue weighted by atomic mass is 9.89. The van der Waals surface area contributed by atoms with Gasteiger partial charge in [-0.25, -0.2) is 4.39 Å². The van der Waals surface area contributed by atoms with E-state index in [0.717, 1.165) is 30.6 Å². The predicted molar refractivity (Wildman–Crippen MR) is 82.9 cm³/mol. The summed E-state index contributed by atoms with van der Waals surface area (Å²) >= 11 is 0. The van der Waals surface area contributed by atoms with Gasteiger partial charge >= 0.3 is 0 Å². The van der Waals surface area contributed by atoms with Crippen LogP contribution in [-0.2, 0) is 6.42 Å². The molecule has 2 nitrogen and oxygen atoms in total. The molecule has 1 aliphatic carbocycles. The van der Waals surface area contributed by atoms with Crippen molar-refractivity contribution < 1.29 is 4.39 Å². The van der Waals surface area contributed by atoms with Crippen molar-refractivity contribution in [1.82, 2.24) is 10.3 Å². The highest BCUT2D eigenvalue weighted by Crippen LogP contribution is 2.39. The predicted octanol–water partition coefficient (Wildman–Crippen LogP) is 3.97. The average molecular weight is 284 g/mol. The summed E-state index contributed by atoms with van der Waals surface area (Å²) in [6.07, 6.45) is 3.88. The maximum absolute atomic E-state index is 13.8. The molecule has 21 heavy (non-hydrogen) atoms. The van der Waals surface area contributed by atoms with Gasteiger partial charge in [0.25, 0.3) is 0 Å². The number of halogens is 1. The largest absolute Gasteiger partial charge is 0.310 e. The van der Waals surface area contributed by atoms with Crippen LogP contribution in [0.15, 0.2) is 36.5 Å². The zero-order valence-electron chi connectivity index (χ0n) is 12.6. The average Bonchev–Trinajstić information content (AvgIpc) is 2.91. The van der Waals surface area contributed by atoms with E-state index in [4.69, 9.17) is 0 Å². The Morgan fingerprint density at radius 2 is 2.24 bits per heavy atom. The SMILES string of the molecule is CCNC(C)c1ccc(F)cc1C1CCc2cccnc21. The molecular weight excluding hydrogens is 263 g/mol. The van der Waals surface area contributed by atoms with Crippen LogP contribution in [0.2, 0.25) is 0 Å². The van der Waals surface area contributed by atoms with Crippen LogP contribution in [0.4, 0.5) is 4.39 Å². The number of nitrogens with zero attached hydrogens (tertiary/aromatic N) is 1. The first kappa shape index (κ1) is 14.2. The second-order valence-electron chi connectivity index (χ2n) is 5.69. The quantitative estimate of drug-likeness (QED) is 0.919. The van der Waals surface area contributed by atoms with Crippen LogP contribution in [0.25, 0.3) is 0 Å². The Hall–Kier alpha value is -1.74. The zero-order valence-corrected chi connectivity index (χ0v) is 12.6. The molecule has 3 heteroatoms.